The van der Waals surface area contributed by atoms with Crippen molar-refractivity contribution in [2.24, 2.45) is 5.92 Å². The van der Waals surface area contributed by atoms with Crippen LogP contribution in [0, 0.1) is 5.92 Å². The van der Waals surface area contributed by atoms with Crippen molar-refractivity contribution in [1.29, 1.82) is 0 Å². The van der Waals surface area contributed by atoms with E-state index in [1.165, 1.54) is 25.0 Å². The van der Waals surface area contributed by atoms with Gasteiger partial charge < -0.3 is 19.3 Å². The normalized spacial score (nSPS) is 19.0. The first-order chi connectivity index (χ1) is 12.0. The lowest BCUT2D eigenvalue weighted by molar-refractivity contribution is -0.132. The number of carbonyl (C=O) groups excluding carboxylic acids is 2. The van der Waals surface area contributed by atoms with Crippen LogP contribution in [0.4, 0.5) is 0 Å². The molecule has 7 nitrogen and oxygen atoms in total. The first kappa shape index (κ1) is 17.5. The largest absolute Gasteiger partial charge is 0.475 e. The summed E-state index contributed by atoms with van der Waals surface area (Å²) in [5, 5.41) is 8.89. The Morgan fingerprint density at radius 2 is 1.60 bits per heavy atom. The first-order valence-corrected chi connectivity index (χ1v) is 8.95. The van der Waals surface area contributed by atoms with E-state index in [4.69, 9.17) is 9.52 Å². The topological polar surface area (TPSA) is 91.1 Å². The molecule has 0 aromatic carbocycles. The summed E-state index contributed by atoms with van der Waals surface area (Å²) < 4.78 is 5.09. The third kappa shape index (κ3) is 4.21. The van der Waals surface area contributed by atoms with Crippen LogP contribution in [0.5, 0.6) is 0 Å². The van der Waals surface area contributed by atoms with Crippen molar-refractivity contribution >= 4 is 17.8 Å². The Morgan fingerprint density at radius 1 is 0.960 bits per heavy atom. The van der Waals surface area contributed by atoms with Gasteiger partial charge in [-0.3, -0.25) is 9.59 Å². The van der Waals surface area contributed by atoms with E-state index in [0.717, 1.165) is 12.8 Å². The number of carboxylic acids is 1. The Bertz CT molecular complexity index is 648. The van der Waals surface area contributed by atoms with Gasteiger partial charge in [0.1, 0.15) is 0 Å². The summed E-state index contributed by atoms with van der Waals surface area (Å²) in [4.78, 5) is 39.3. The predicted molar refractivity (Wildman–Crippen MR) is 89.3 cm³/mol. The van der Waals surface area contributed by atoms with Gasteiger partial charge in [0.05, 0.1) is 0 Å². The van der Waals surface area contributed by atoms with Gasteiger partial charge in [-0.2, -0.15) is 0 Å². The first-order valence-electron chi connectivity index (χ1n) is 8.95. The SMILES string of the molecule is O=C(O)c1ccc(C(=O)N2CCCN(C(=O)CC3CCCC3)CC2)o1. The maximum Gasteiger partial charge on any atom is 0.371 e. The minimum Gasteiger partial charge on any atom is -0.475 e. The number of hydrogen-bond acceptors (Lipinski definition) is 4. The summed E-state index contributed by atoms with van der Waals surface area (Å²) in [5.74, 6) is -1.02. The van der Waals surface area contributed by atoms with Crippen molar-refractivity contribution in [3.63, 3.8) is 0 Å². The van der Waals surface area contributed by atoms with Gasteiger partial charge in [0, 0.05) is 32.6 Å². The highest BCUT2D eigenvalue weighted by Gasteiger charge is 2.27. The van der Waals surface area contributed by atoms with E-state index >= 15 is 0 Å². The molecule has 3 rings (SSSR count). The molecule has 136 valence electrons. The summed E-state index contributed by atoms with van der Waals surface area (Å²) in [6.07, 6.45) is 6.08. The zero-order valence-corrected chi connectivity index (χ0v) is 14.3. The number of rotatable bonds is 4. The number of furan rings is 1. The highest BCUT2D eigenvalue weighted by molar-refractivity contribution is 5.93. The van der Waals surface area contributed by atoms with Gasteiger partial charge in [-0.05, 0) is 37.3 Å². The van der Waals surface area contributed by atoms with E-state index in [1.807, 2.05) is 4.90 Å². The molecular formula is C18H24N2O5. The van der Waals surface area contributed by atoms with Gasteiger partial charge >= 0.3 is 5.97 Å². The van der Waals surface area contributed by atoms with E-state index in [0.29, 0.717) is 44.9 Å². The molecule has 1 N–H and O–H groups in total. The summed E-state index contributed by atoms with van der Waals surface area (Å²) in [6, 6.07) is 2.67. The molecule has 1 aliphatic heterocycles. The second-order valence-corrected chi connectivity index (χ2v) is 6.85. The second-order valence-electron chi connectivity index (χ2n) is 6.85. The number of carboxylic acid groups (broad SMARTS) is 1. The molecule has 1 aliphatic carbocycles. The minimum absolute atomic E-state index is 0.0307. The summed E-state index contributed by atoms with van der Waals surface area (Å²) >= 11 is 0. The van der Waals surface area contributed by atoms with Gasteiger partial charge in [-0.1, -0.05) is 12.8 Å². The fourth-order valence-corrected chi connectivity index (χ4v) is 3.68. The molecule has 0 bridgehead atoms. The minimum atomic E-state index is -1.20. The van der Waals surface area contributed by atoms with Crippen molar-refractivity contribution < 1.29 is 23.9 Å². The zero-order chi connectivity index (χ0) is 17.8. The number of amides is 2. The fraction of sp³-hybridized carbons (Fsp3) is 0.611. The molecule has 25 heavy (non-hydrogen) atoms. The zero-order valence-electron chi connectivity index (χ0n) is 14.3. The van der Waals surface area contributed by atoms with E-state index in [9.17, 15) is 14.4 Å². The van der Waals surface area contributed by atoms with Crippen LogP contribution in [0.2, 0.25) is 0 Å². The van der Waals surface area contributed by atoms with Crippen LogP contribution < -0.4 is 0 Å². The predicted octanol–water partition coefficient (Wildman–Crippen LogP) is 2.23. The van der Waals surface area contributed by atoms with Crippen molar-refractivity contribution in [1.82, 2.24) is 9.80 Å². The lowest BCUT2D eigenvalue weighted by atomic mass is 10.0. The Hall–Kier alpha value is -2.31. The van der Waals surface area contributed by atoms with Crippen molar-refractivity contribution in [3.05, 3.63) is 23.7 Å². The molecule has 0 atom stereocenters. The van der Waals surface area contributed by atoms with Gasteiger partial charge in [0.15, 0.2) is 5.76 Å². The number of hydrogen-bond donors (Lipinski definition) is 1. The summed E-state index contributed by atoms with van der Waals surface area (Å²) in [5.41, 5.74) is 0. The second kappa shape index (κ2) is 7.72. The molecule has 0 unspecified atom stereocenters. The maximum atomic E-state index is 12.5. The highest BCUT2D eigenvalue weighted by Crippen LogP contribution is 2.28. The van der Waals surface area contributed by atoms with Crippen LogP contribution in [0.25, 0.3) is 0 Å². The number of carbonyl (C=O) groups is 3. The molecule has 0 spiro atoms. The Morgan fingerprint density at radius 3 is 2.28 bits per heavy atom. The van der Waals surface area contributed by atoms with Gasteiger partial charge in [0.2, 0.25) is 11.7 Å². The van der Waals surface area contributed by atoms with E-state index in [2.05, 4.69) is 0 Å². The molecule has 2 heterocycles. The van der Waals surface area contributed by atoms with E-state index in [-0.39, 0.29) is 23.3 Å². The summed E-state index contributed by atoms with van der Waals surface area (Å²) in [6.45, 7) is 2.16. The molecular weight excluding hydrogens is 324 g/mol. The molecule has 1 aromatic heterocycles. The molecule has 1 saturated heterocycles. The highest BCUT2D eigenvalue weighted by atomic mass is 16.4. The molecule has 1 aromatic rings. The lowest BCUT2D eigenvalue weighted by Crippen LogP contribution is -2.37. The van der Waals surface area contributed by atoms with Crippen molar-refractivity contribution in [3.8, 4) is 0 Å². The van der Waals surface area contributed by atoms with Crippen LogP contribution in [0.15, 0.2) is 16.5 Å². The Kier molecular flexibility index (Phi) is 5.40. The van der Waals surface area contributed by atoms with Crippen LogP contribution in [-0.2, 0) is 4.79 Å². The molecule has 2 fully saturated rings. The average Bonchev–Trinajstić information content (AvgIpc) is 3.21. The quantitative estimate of drug-likeness (QED) is 0.901. The number of nitrogens with zero attached hydrogens (tertiary/aromatic N) is 2. The smallest absolute Gasteiger partial charge is 0.371 e. The molecule has 0 radical (unpaired) electrons. The van der Waals surface area contributed by atoms with Crippen LogP contribution in [0.3, 0.4) is 0 Å². The molecule has 2 aliphatic rings. The molecule has 1 saturated carbocycles. The van der Waals surface area contributed by atoms with Crippen molar-refractivity contribution in [2.45, 2.75) is 38.5 Å². The van der Waals surface area contributed by atoms with Gasteiger partial charge in [-0.15, -0.1) is 0 Å². The third-order valence-corrected chi connectivity index (χ3v) is 5.10. The van der Waals surface area contributed by atoms with Gasteiger partial charge in [0.25, 0.3) is 5.91 Å². The van der Waals surface area contributed by atoms with Crippen LogP contribution >= 0.6 is 0 Å². The fourth-order valence-electron chi connectivity index (χ4n) is 3.68. The average molecular weight is 348 g/mol. The monoisotopic (exact) mass is 348 g/mol. The van der Waals surface area contributed by atoms with Gasteiger partial charge in [-0.25, -0.2) is 4.79 Å². The number of aromatic carboxylic acids is 1. The lowest BCUT2D eigenvalue weighted by Gasteiger charge is -2.23. The maximum absolute atomic E-state index is 12.5. The van der Waals surface area contributed by atoms with E-state index < -0.39 is 5.97 Å². The Balaban J connectivity index is 1.55. The summed E-state index contributed by atoms with van der Waals surface area (Å²) in [7, 11) is 0. The van der Waals surface area contributed by atoms with E-state index in [1.54, 1.807) is 4.90 Å². The van der Waals surface area contributed by atoms with Crippen molar-refractivity contribution in [2.75, 3.05) is 26.2 Å². The third-order valence-electron chi connectivity index (χ3n) is 5.10. The van der Waals surface area contributed by atoms with Crippen LogP contribution in [-0.4, -0.2) is 58.9 Å². The molecule has 2 amide bonds. The standard InChI is InChI=1S/C18H24N2O5/c21-16(12-13-4-1-2-5-13)19-8-3-9-20(11-10-19)17(22)14-6-7-15(25-14)18(23)24/h6-7,13H,1-5,8-12H2,(H,23,24). The van der Waals surface area contributed by atoms with Crippen LogP contribution in [0.1, 0.15) is 59.6 Å². The Labute approximate surface area is 146 Å². The molecule has 7 heteroatoms.